The van der Waals surface area contributed by atoms with Crippen molar-refractivity contribution in [2.75, 3.05) is 0 Å². The van der Waals surface area contributed by atoms with E-state index in [1.165, 1.54) is 33.0 Å². The van der Waals surface area contributed by atoms with Gasteiger partial charge in [-0.1, -0.05) is 146 Å². The zero-order chi connectivity index (χ0) is 32.0. The standard InChI is InChI=1S/C44H26N4/c45-27-28-19-21-29(22-20-28)32-23-24-36-33-15-7-8-16-34(33)37-25-26-38(40(32)41(36)37)35-17-9-10-18-39(35)44-47-42(30-11-3-1-4-12-30)46-43(48-44)31-13-5-2-6-14-31/h1-26H. The van der Waals surface area contributed by atoms with E-state index in [0.29, 0.717) is 23.0 Å². The van der Waals surface area contributed by atoms with E-state index in [9.17, 15) is 5.26 Å². The number of rotatable bonds is 5. The van der Waals surface area contributed by atoms with Crippen LogP contribution < -0.4 is 0 Å². The maximum absolute atomic E-state index is 9.50. The first-order chi connectivity index (χ1) is 23.8. The number of nitriles is 1. The van der Waals surface area contributed by atoms with Gasteiger partial charge in [-0.15, -0.1) is 0 Å². The first kappa shape index (κ1) is 27.6. The van der Waals surface area contributed by atoms with Crippen LogP contribution in [-0.2, 0) is 0 Å². The highest BCUT2D eigenvalue weighted by molar-refractivity contribution is 6.23. The summed E-state index contributed by atoms with van der Waals surface area (Å²) in [5, 5.41) is 11.9. The first-order valence-electron chi connectivity index (χ1n) is 15.9. The van der Waals surface area contributed by atoms with Gasteiger partial charge in [-0.05, 0) is 67.4 Å². The van der Waals surface area contributed by atoms with E-state index in [0.717, 1.165) is 38.9 Å². The molecule has 0 saturated heterocycles. The van der Waals surface area contributed by atoms with Gasteiger partial charge in [0.15, 0.2) is 17.5 Å². The maximum atomic E-state index is 9.50. The van der Waals surface area contributed by atoms with Crippen LogP contribution in [0.25, 0.3) is 89.4 Å². The van der Waals surface area contributed by atoms with Crippen molar-refractivity contribution in [1.29, 1.82) is 5.26 Å². The minimum Gasteiger partial charge on any atom is -0.208 e. The van der Waals surface area contributed by atoms with Crippen LogP contribution in [-0.4, -0.2) is 15.0 Å². The Balaban J connectivity index is 1.33. The molecule has 48 heavy (non-hydrogen) atoms. The second kappa shape index (κ2) is 11.3. The lowest BCUT2D eigenvalue weighted by Gasteiger charge is -2.17. The minimum atomic E-state index is 0.616. The van der Waals surface area contributed by atoms with Gasteiger partial charge in [0.25, 0.3) is 0 Å². The predicted molar refractivity (Wildman–Crippen MR) is 194 cm³/mol. The molecule has 9 rings (SSSR count). The molecule has 7 aromatic carbocycles. The third kappa shape index (κ3) is 4.49. The summed E-state index contributed by atoms with van der Waals surface area (Å²) in [6.07, 6.45) is 0. The Labute approximate surface area is 278 Å². The third-order valence-corrected chi connectivity index (χ3v) is 9.15. The number of hydrogen-bond acceptors (Lipinski definition) is 4. The van der Waals surface area contributed by atoms with Crippen molar-refractivity contribution in [2.24, 2.45) is 0 Å². The van der Waals surface area contributed by atoms with Gasteiger partial charge in [0, 0.05) is 16.7 Å². The van der Waals surface area contributed by atoms with Crippen molar-refractivity contribution in [3.63, 3.8) is 0 Å². The van der Waals surface area contributed by atoms with Crippen LogP contribution in [0.5, 0.6) is 0 Å². The molecule has 0 radical (unpaired) electrons. The van der Waals surface area contributed by atoms with Crippen LogP contribution in [0.15, 0.2) is 158 Å². The lowest BCUT2D eigenvalue weighted by Crippen LogP contribution is -2.01. The van der Waals surface area contributed by atoms with Gasteiger partial charge >= 0.3 is 0 Å². The molecule has 0 atom stereocenters. The smallest absolute Gasteiger partial charge is 0.164 e. The maximum Gasteiger partial charge on any atom is 0.164 e. The summed E-state index contributed by atoms with van der Waals surface area (Å²) in [6, 6.07) is 56.3. The number of hydrogen-bond donors (Lipinski definition) is 0. The predicted octanol–water partition coefficient (Wildman–Crippen LogP) is 10.9. The van der Waals surface area contributed by atoms with E-state index in [-0.39, 0.29) is 0 Å². The lowest BCUT2D eigenvalue weighted by molar-refractivity contribution is 1.07. The second-order valence-corrected chi connectivity index (χ2v) is 11.9. The summed E-state index contributed by atoms with van der Waals surface area (Å²) < 4.78 is 0. The number of nitrogens with zero attached hydrogens (tertiary/aromatic N) is 4. The van der Waals surface area contributed by atoms with Gasteiger partial charge in [0.2, 0.25) is 0 Å². The third-order valence-electron chi connectivity index (χ3n) is 9.15. The molecule has 0 N–H and O–H groups in total. The monoisotopic (exact) mass is 610 g/mol. The van der Waals surface area contributed by atoms with Gasteiger partial charge in [-0.3, -0.25) is 0 Å². The summed E-state index contributed by atoms with van der Waals surface area (Å²) in [5.41, 5.74) is 12.7. The summed E-state index contributed by atoms with van der Waals surface area (Å²) in [6.45, 7) is 0. The molecule has 1 aliphatic rings. The van der Waals surface area contributed by atoms with Crippen molar-refractivity contribution in [3.05, 3.63) is 163 Å². The quantitative estimate of drug-likeness (QED) is 0.194. The normalized spacial score (nSPS) is 11.3. The van der Waals surface area contributed by atoms with Gasteiger partial charge in [0.1, 0.15) is 0 Å². The molecular weight excluding hydrogens is 585 g/mol. The second-order valence-electron chi connectivity index (χ2n) is 11.9. The van der Waals surface area contributed by atoms with Gasteiger partial charge in [-0.2, -0.15) is 5.26 Å². The molecule has 222 valence electrons. The van der Waals surface area contributed by atoms with Crippen molar-refractivity contribution in [2.45, 2.75) is 0 Å². The molecule has 0 fully saturated rings. The van der Waals surface area contributed by atoms with E-state index >= 15 is 0 Å². The van der Waals surface area contributed by atoms with Crippen molar-refractivity contribution in [3.8, 4) is 84.7 Å². The Morgan fingerprint density at radius 3 is 1.21 bits per heavy atom. The highest BCUT2D eigenvalue weighted by Crippen LogP contribution is 2.52. The molecule has 4 nitrogen and oxygen atoms in total. The largest absolute Gasteiger partial charge is 0.208 e. The average molecular weight is 611 g/mol. The van der Waals surface area contributed by atoms with Crippen LogP contribution in [0.2, 0.25) is 0 Å². The Bertz CT molecular complexity index is 2460. The van der Waals surface area contributed by atoms with Crippen molar-refractivity contribution in [1.82, 2.24) is 15.0 Å². The molecular formula is C44H26N4. The SMILES string of the molecule is N#Cc1ccc(-c2ccc3c4c(ccc(-c5ccccc5-c5nc(-c6ccccc6)nc(-c6ccccc6)n5)c24)-c2ccccc2-3)cc1. The van der Waals surface area contributed by atoms with E-state index in [1.807, 2.05) is 91.0 Å². The summed E-state index contributed by atoms with van der Waals surface area (Å²) in [4.78, 5) is 15.1. The summed E-state index contributed by atoms with van der Waals surface area (Å²) in [7, 11) is 0. The van der Waals surface area contributed by atoms with Crippen molar-refractivity contribution >= 4 is 10.8 Å². The fraction of sp³-hybridized carbons (Fsp3) is 0. The van der Waals surface area contributed by atoms with Gasteiger partial charge < -0.3 is 0 Å². The molecule has 1 aromatic heterocycles. The van der Waals surface area contributed by atoms with E-state index in [2.05, 4.69) is 72.8 Å². The molecule has 0 amide bonds. The topological polar surface area (TPSA) is 62.5 Å². The summed E-state index contributed by atoms with van der Waals surface area (Å²) >= 11 is 0. The molecule has 1 heterocycles. The Kier molecular flexibility index (Phi) is 6.48. The Morgan fingerprint density at radius 2 is 0.708 bits per heavy atom. The zero-order valence-electron chi connectivity index (χ0n) is 25.8. The first-order valence-corrected chi connectivity index (χ1v) is 15.9. The Morgan fingerprint density at radius 1 is 0.312 bits per heavy atom. The van der Waals surface area contributed by atoms with Crippen LogP contribution in [0.4, 0.5) is 0 Å². The molecule has 1 aliphatic carbocycles. The number of benzene rings is 7. The number of aromatic nitrogens is 3. The van der Waals surface area contributed by atoms with Crippen LogP contribution in [0.3, 0.4) is 0 Å². The fourth-order valence-corrected chi connectivity index (χ4v) is 6.93. The van der Waals surface area contributed by atoms with Gasteiger partial charge in [-0.25, -0.2) is 15.0 Å². The van der Waals surface area contributed by atoms with Gasteiger partial charge in [0.05, 0.1) is 11.6 Å². The fourth-order valence-electron chi connectivity index (χ4n) is 6.93. The molecule has 0 unspecified atom stereocenters. The highest BCUT2D eigenvalue weighted by atomic mass is 15.0. The van der Waals surface area contributed by atoms with E-state index in [4.69, 9.17) is 15.0 Å². The van der Waals surface area contributed by atoms with Crippen LogP contribution >= 0.6 is 0 Å². The molecule has 4 heteroatoms. The zero-order valence-corrected chi connectivity index (χ0v) is 25.8. The molecule has 8 aromatic rings. The van der Waals surface area contributed by atoms with Crippen LogP contribution in [0.1, 0.15) is 5.56 Å². The minimum absolute atomic E-state index is 0.616. The van der Waals surface area contributed by atoms with E-state index < -0.39 is 0 Å². The van der Waals surface area contributed by atoms with E-state index in [1.54, 1.807) is 0 Å². The van der Waals surface area contributed by atoms with Crippen molar-refractivity contribution < 1.29 is 0 Å². The van der Waals surface area contributed by atoms with Crippen LogP contribution in [0, 0.1) is 11.3 Å². The lowest BCUT2D eigenvalue weighted by atomic mass is 9.87. The molecule has 0 aliphatic heterocycles. The Hall–Kier alpha value is -6.70. The molecule has 0 saturated carbocycles. The molecule has 0 spiro atoms. The summed E-state index contributed by atoms with van der Waals surface area (Å²) in [5.74, 6) is 1.87. The highest BCUT2D eigenvalue weighted by Gasteiger charge is 2.26. The molecule has 0 bridgehead atoms. The number of fused-ring (bicyclic) bond motifs is 3. The average Bonchev–Trinajstić information content (AvgIpc) is 3.50.